The number of rotatable bonds is 4. The molecule has 0 spiro atoms. The smallest absolute Gasteiger partial charge is 0.331 e. The number of aromatic amines is 1. The van der Waals surface area contributed by atoms with Crippen LogP contribution in [0.2, 0.25) is 0 Å². The van der Waals surface area contributed by atoms with Gasteiger partial charge in [0.25, 0.3) is 5.56 Å². The highest BCUT2D eigenvalue weighted by Gasteiger charge is 2.17. The maximum atomic E-state index is 11.9. The van der Waals surface area contributed by atoms with E-state index in [0.717, 1.165) is 4.57 Å². The first-order chi connectivity index (χ1) is 10.0. The van der Waals surface area contributed by atoms with Crippen LogP contribution in [0, 0.1) is 0 Å². The van der Waals surface area contributed by atoms with E-state index in [-0.39, 0.29) is 12.2 Å². The lowest BCUT2D eigenvalue weighted by Gasteiger charge is -2.10. The van der Waals surface area contributed by atoms with Gasteiger partial charge in [0.1, 0.15) is 12.1 Å². The third-order valence-electron chi connectivity index (χ3n) is 2.83. The van der Waals surface area contributed by atoms with Crippen molar-refractivity contribution in [2.45, 2.75) is 13.5 Å². The maximum Gasteiger partial charge on any atom is 0.331 e. The van der Waals surface area contributed by atoms with Crippen LogP contribution in [0.25, 0.3) is 11.1 Å². The van der Waals surface area contributed by atoms with Crippen molar-refractivity contribution < 1.29 is 14.6 Å². The Balaban J connectivity index is 2.56. The van der Waals surface area contributed by atoms with Gasteiger partial charge < -0.3 is 9.84 Å². The Bertz CT molecular complexity index is 761. The first-order valence-corrected chi connectivity index (χ1v) is 6.31. The molecule has 0 saturated carbocycles. The van der Waals surface area contributed by atoms with Gasteiger partial charge in [0.15, 0.2) is 0 Å². The third kappa shape index (κ3) is 3.02. The van der Waals surface area contributed by atoms with E-state index in [2.05, 4.69) is 4.98 Å². The van der Waals surface area contributed by atoms with Gasteiger partial charge >= 0.3 is 11.7 Å². The molecule has 0 bridgehead atoms. The van der Waals surface area contributed by atoms with Crippen LogP contribution in [0.1, 0.15) is 6.92 Å². The molecule has 0 amide bonds. The summed E-state index contributed by atoms with van der Waals surface area (Å²) in [4.78, 5) is 37.1. The van der Waals surface area contributed by atoms with Crippen LogP contribution in [0.3, 0.4) is 0 Å². The summed E-state index contributed by atoms with van der Waals surface area (Å²) < 4.78 is 5.50. The van der Waals surface area contributed by atoms with Crippen LogP contribution in [0.5, 0.6) is 5.88 Å². The van der Waals surface area contributed by atoms with Gasteiger partial charge in [0.2, 0.25) is 5.88 Å². The average Bonchev–Trinajstić information content (AvgIpc) is 2.45. The number of benzene rings is 1. The Morgan fingerprint density at radius 2 is 1.95 bits per heavy atom. The van der Waals surface area contributed by atoms with Crippen LogP contribution >= 0.6 is 0 Å². The van der Waals surface area contributed by atoms with Crippen LogP contribution in [-0.2, 0) is 16.1 Å². The molecule has 0 atom stereocenters. The zero-order chi connectivity index (χ0) is 15.4. The van der Waals surface area contributed by atoms with Gasteiger partial charge in [0.05, 0.1) is 6.61 Å². The highest BCUT2D eigenvalue weighted by Crippen LogP contribution is 2.23. The molecule has 0 fully saturated rings. The number of hydrogen-bond acceptors (Lipinski definition) is 5. The molecule has 2 rings (SSSR count). The number of esters is 1. The monoisotopic (exact) mass is 290 g/mol. The van der Waals surface area contributed by atoms with Gasteiger partial charge in [-0.25, -0.2) is 4.79 Å². The van der Waals surface area contributed by atoms with Gasteiger partial charge in [-0.3, -0.25) is 19.1 Å². The zero-order valence-corrected chi connectivity index (χ0v) is 11.3. The molecule has 2 aromatic rings. The number of aromatic nitrogens is 2. The van der Waals surface area contributed by atoms with Crippen molar-refractivity contribution in [2.24, 2.45) is 0 Å². The second kappa shape index (κ2) is 6.08. The Kier molecular flexibility index (Phi) is 4.22. The van der Waals surface area contributed by atoms with E-state index in [1.54, 1.807) is 37.3 Å². The highest BCUT2D eigenvalue weighted by molar-refractivity contribution is 5.71. The second-order valence-corrected chi connectivity index (χ2v) is 4.22. The minimum Gasteiger partial charge on any atom is -0.494 e. The van der Waals surface area contributed by atoms with E-state index in [9.17, 15) is 19.5 Å². The summed E-state index contributed by atoms with van der Waals surface area (Å²) >= 11 is 0. The largest absolute Gasteiger partial charge is 0.494 e. The predicted octanol–water partition coefficient (Wildman–Crippen LogP) is 0.472. The molecular formula is C14H14N2O5. The van der Waals surface area contributed by atoms with E-state index in [0.29, 0.717) is 5.56 Å². The SMILES string of the molecule is CCOC(=O)Cn1c(O)c(-c2ccccc2)c(=O)[nH]c1=O. The number of ether oxygens (including phenoxy) is 1. The predicted molar refractivity (Wildman–Crippen MR) is 75.1 cm³/mol. The quantitative estimate of drug-likeness (QED) is 0.797. The van der Waals surface area contributed by atoms with Crippen LogP contribution in [0.4, 0.5) is 0 Å². The number of aromatic hydroxyl groups is 1. The Labute approximate surface area is 119 Å². The Morgan fingerprint density at radius 1 is 1.29 bits per heavy atom. The summed E-state index contributed by atoms with van der Waals surface area (Å²) in [5, 5.41) is 10.2. The van der Waals surface area contributed by atoms with E-state index in [1.165, 1.54) is 0 Å². The fraction of sp³-hybridized carbons (Fsp3) is 0.214. The van der Waals surface area contributed by atoms with Crippen molar-refractivity contribution in [3.05, 3.63) is 51.2 Å². The van der Waals surface area contributed by atoms with Crippen molar-refractivity contribution >= 4 is 5.97 Å². The molecule has 7 heteroatoms. The van der Waals surface area contributed by atoms with Crippen LogP contribution < -0.4 is 11.2 Å². The number of H-pyrrole nitrogens is 1. The first-order valence-electron chi connectivity index (χ1n) is 6.31. The Morgan fingerprint density at radius 3 is 2.57 bits per heavy atom. The Hall–Kier alpha value is -2.83. The van der Waals surface area contributed by atoms with Gasteiger partial charge in [-0.15, -0.1) is 0 Å². The van der Waals surface area contributed by atoms with Crippen LogP contribution in [-0.4, -0.2) is 27.2 Å². The molecular weight excluding hydrogens is 276 g/mol. The molecule has 21 heavy (non-hydrogen) atoms. The molecule has 1 aromatic heterocycles. The summed E-state index contributed by atoms with van der Waals surface area (Å²) in [7, 11) is 0. The van der Waals surface area contributed by atoms with Crippen molar-refractivity contribution in [1.29, 1.82) is 0 Å². The molecule has 0 aliphatic heterocycles. The minimum absolute atomic E-state index is 0.0699. The minimum atomic E-state index is -0.870. The molecule has 0 aliphatic rings. The molecule has 110 valence electrons. The summed E-state index contributed by atoms with van der Waals surface area (Å²) in [6.45, 7) is 1.31. The van der Waals surface area contributed by atoms with E-state index in [4.69, 9.17) is 4.74 Å². The van der Waals surface area contributed by atoms with Crippen molar-refractivity contribution in [1.82, 2.24) is 9.55 Å². The maximum absolute atomic E-state index is 11.9. The normalized spacial score (nSPS) is 10.3. The fourth-order valence-electron chi connectivity index (χ4n) is 1.91. The summed E-state index contributed by atoms with van der Waals surface area (Å²) in [5.41, 5.74) is -1.22. The van der Waals surface area contributed by atoms with Crippen molar-refractivity contribution in [2.75, 3.05) is 6.61 Å². The molecule has 1 aromatic carbocycles. The zero-order valence-electron chi connectivity index (χ0n) is 11.3. The fourth-order valence-corrected chi connectivity index (χ4v) is 1.91. The number of nitrogens with zero attached hydrogens (tertiary/aromatic N) is 1. The van der Waals surface area contributed by atoms with Gasteiger partial charge in [-0.1, -0.05) is 30.3 Å². The van der Waals surface area contributed by atoms with E-state index >= 15 is 0 Å². The number of hydrogen-bond donors (Lipinski definition) is 2. The molecule has 1 heterocycles. The molecule has 0 saturated heterocycles. The van der Waals surface area contributed by atoms with E-state index in [1.807, 2.05) is 0 Å². The highest BCUT2D eigenvalue weighted by atomic mass is 16.5. The number of carbonyl (C=O) groups excluding carboxylic acids is 1. The third-order valence-corrected chi connectivity index (χ3v) is 2.83. The average molecular weight is 290 g/mol. The lowest BCUT2D eigenvalue weighted by Crippen LogP contribution is -2.33. The molecule has 0 radical (unpaired) electrons. The van der Waals surface area contributed by atoms with Gasteiger partial charge in [-0.05, 0) is 12.5 Å². The molecule has 7 nitrogen and oxygen atoms in total. The molecule has 0 unspecified atom stereocenters. The lowest BCUT2D eigenvalue weighted by molar-refractivity contribution is -0.144. The molecule has 2 N–H and O–H groups in total. The summed E-state index contributed by atoms with van der Waals surface area (Å²) in [6.07, 6.45) is 0. The molecule has 0 aliphatic carbocycles. The first kappa shape index (κ1) is 14.6. The van der Waals surface area contributed by atoms with Gasteiger partial charge in [0, 0.05) is 0 Å². The number of carbonyl (C=O) groups is 1. The number of nitrogens with one attached hydrogen (secondary N) is 1. The van der Waals surface area contributed by atoms with Crippen molar-refractivity contribution in [3.63, 3.8) is 0 Å². The van der Waals surface area contributed by atoms with Crippen LogP contribution in [0.15, 0.2) is 39.9 Å². The van der Waals surface area contributed by atoms with Crippen molar-refractivity contribution in [3.8, 4) is 17.0 Å². The second-order valence-electron chi connectivity index (χ2n) is 4.22. The van der Waals surface area contributed by atoms with Gasteiger partial charge in [-0.2, -0.15) is 0 Å². The van der Waals surface area contributed by atoms with E-state index < -0.39 is 29.6 Å². The summed E-state index contributed by atoms with van der Waals surface area (Å²) in [6, 6.07) is 8.36. The lowest BCUT2D eigenvalue weighted by atomic mass is 10.1. The summed E-state index contributed by atoms with van der Waals surface area (Å²) in [5.74, 6) is -1.25. The standard InChI is InChI=1S/C14H14N2O5/c1-2-21-10(17)8-16-13(19)11(12(18)15-14(16)20)9-6-4-3-5-7-9/h3-7,19H,2,8H2,1H3,(H,15,18,20). The topological polar surface area (TPSA) is 101 Å².